The Balaban J connectivity index is 2.02. The van der Waals surface area contributed by atoms with Gasteiger partial charge in [-0.1, -0.05) is 29.8 Å². The summed E-state index contributed by atoms with van der Waals surface area (Å²) in [6, 6.07) is 11.2. The predicted molar refractivity (Wildman–Crippen MR) is 109 cm³/mol. The van der Waals surface area contributed by atoms with Gasteiger partial charge in [-0.3, -0.25) is 10.1 Å². The molecular weight excluding hydrogens is 376 g/mol. The maximum Gasteiger partial charge on any atom is 0.350 e. The summed E-state index contributed by atoms with van der Waals surface area (Å²) in [6.07, 6.45) is 0.491. The molecule has 0 fully saturated rings. The first-order chi connectivity index (χ1) is 13.3. The summed E-state index contributed by atoms with van der Waals surface area (Å²) < 4.78 is 4.93. The zero-order valence-electron chi connectivity index (χ0n) is 16.1. The minimum atomic E-state index is -0.420. The topological polar surface area (TPSA) is 82.3 Å². The van der Waals surface area contributed by atoms with Gasteiger partial charge in [0.2, 0.25) is 0 Å². The van der Waals surface area contributed by atoms with E-state index in [4.69, 9.17) is 4.74 Å². The van der Waals surface area contributed by atoms with Crippen molar-refractivity contribution in [2.75, 3.05) is 7.11 Å². The van der Waals surface area contributed by atoms with Crippen molar-refractivity contribution in [3.63, 3.8) is 0 Å². The van der Waals surface area contributed by atoms with Crippen LogP contribution >= 0.6 is 11.3 Å². The van der Waals surface area contributed by atoms with Gasteiger partial charge in [0.1, 0.15) is 4.88 Å². The Morgan fingerprint density at radius 3 is 2.43 bits per heavy atom. The molecule has 144 valence electrons. The van der Waals surface area contributed by atoms with Crippen LogP contribution in [0, 0.1) is 30.9 Å². The van der Waals surface area contributed by atoms with Crippen molar-refractivity contribution in [2.45, 2.75) is 27.2 Å². The molecule has 7 heteroatoms. The molecule has 28 heavy (non-hydrogen) atoms. The van der Waals surface area contributed by atoms with Crippen LogP contribution in [0.5, 0.6) is 0 Å². The Bertz CT molecular complexity index is 1060. The number of hydrogen-bond donors (Lipinski definition) is 0. The Kier molecular flexibility index (Phi) is 5.56. The van der Waals surface area contributed by atoms with Crippen molar-refractivity contribution in [1.29, 1.82) is 0 Å². The number of thiazole rings is 1. The molecule has 0 aliphatic carbocycles. The maximum absolute atomic E-state index is 12.3. The molecule has 0 atom stereocenters. The molecule has 0 unspecified atom stereocenters. The molecular formula is C21H20N2O4S. The van der Waals surface area contributed by atoms with Gasteiger partial charge in [-0.2, -0.15) is 0 Å². The van der Waals surface area contributed by atoms with Crippen LogP contribution in [0.4, 0.5) is 5.69 Å². The maximum atomic E-state index is 12.3. The average Bonchev–Trinajstić information content (AvgIpc) is 3.08. The number of aryl methyl sites for hydroxylation is 3. The molecule has 0 aliphatic rings. The highest BCUT2D eigenvalue weighted by atomic mass is 32.1. The van der Waals surface area contributed by atoms with Crippen molar-refractivity contribution in [3.8, 4) is 11.3 Å². The third-order valence-electron chi connectivity index (χ3n) is 4.56. The first-order valence-electron chi connectivity index (χ1n) is 8.69. The molecule has 1 heterocycles. The van der Waals surface area contributed by atoms with E-state index in [-0.39, 0.29) is 10.6 Å². The molecule has 0 aliphatic heterocycles. The standard InChI is InChI=1S/C21H20N2O4S/c1-12-5-7-15(8-6-12)19-20(21(24)27-4)28-18(22-19)11-16-9-14(3)17(23(25)26)10-13(16)2/h5-10H,11H2,1-4H3. The van der Waals surface area contributed by atoms with Crippen LogP contribution in [-0.4, -0.2) is 23.0 Å². The van der Waals surface area contributed by atoms with Crippen LogP contribution in [0.1, 0.15) is 36.9 Å². The van der Waals surface area contributed by atoms with Gasteiger partial charge >= 0.3 is 5.97 Å². The molecule has 6 nitrogen and oxygen atoms in total. The summed E-state index contributed by atoms with van der Waals surface area (Å²) in [5.41, 5.74) is 5.06. The number of carbonyl (C=O) groups excluding carboxylic acids is 1. The fraction of sp³-hybridized carbons (Fsp3) is 0.238. The lowest BCUT2D eigenvalue weighted by Crippen LogP contribution is -2.00. The van der Waals surface area contributed by atoms with Gasteiger partial charge in [-0.25, -0.2) is 9.78 Å². The SMILES string of the molecule is COC(=O)c1sc(Cc2cc(C)c([N+](=O)[O-])cc2C)nc1-c1ccc(C)cc1. The number of aromatic nitrogens is 1. The van der Waals surface area contributed by atoms with Crippen molar-refractivity contribution in [1.82, 2.24) is 4.98 Å². The van der Waals surface area contributed by atoms with Gasteiger partial charge < -0.3 is 4.74 Å². The lowest BCUT2D eigenvalue weighted by Gasteiger charge is -2.06. The van der Waals surface area contributed by atoms with E-state index in [1.807, 2.05) is 44.2 Å². The van der Waals surface area contributed by atoms with Gasteiger partial charge in [0.05, 0.1) is 22.7 Å². The van der Waals surface area contributed by atoms with Crippen LogP contribution < -0.4 is 0 Å². The number of carbonyl (C=O) groups is 1. The number of esters is 1. The largest absolute Gasteiger partial charge is 0.465 e. The van der Waals surface area contributed by atoms with Gasteiger partial charge in [-0.15, -0.1) is 11.3 Å². The molecule has 0 saturated heterocycles. The molecule has 2 aromatic carbocycles. The highest BCUT2D eigenvalue weighted by Gasteiger charge is 2.21. The quantitative estimate of drug-likeness (QED) is 0.343. The van der Waals surface area contributed by atoms with Gasteiger partial charge in [0.25, 0.3) is 5.69 Å². The monoisotopic (exact) mass is 396 g/mol. The van der Waals surface area contributed by atoms with E-state index in [0.29, 0.717) is 22.6 Å². The first-order valence-corrected chi connectivity index (χ1v) is 9.51. The van der Waals surface area contributed by atoms with Crippen LogP contribution in [-0.2, 0) is 11.2 Å². The molecule has 0 spiro atoms. The minimum absolute atomic E-state index is 0.107. The smallest absolute Gasteiger partial charge is 0.350 e. The van der Waals surface area contributed by atoms with Crippen molar-refractivity contribution in [3.05, 3.63) is 78.7 Å². The Labute approximate surface area is 167 Å². The zero-order valence-corrected chi connectivity index (χ0v) is 16.9. The number of hydrogen-bond acceptors (Lipinski definition) is 6. The fourth-order valence-corrected chi connectivity index (χ4v) is 4.02. The summed E-state index contributed by atoms with van der Waals surface area (Å²) in [4.78, 5) is 28.1. The molecule has 0 amide bonds. The van der Waals surface area contributed by atoms with Crippen molar-refractivity contribution < 1.29 is 14.5 Å². The molecule has 3 rings (SSSR count). The van der Waals surface area contributed by atoms with Gasteiger partial charge in [0.15, 0.2) is 0 Å². The van der Waals surface area contributed by atoms with E-state index in [1.165, 1.54) is 18.4 Å². The van der Waals surface area contributed by atoms with E-state index in [0.717, 1.165) is 27.3 Å². The number of nitro groups is 1. The third-order valence-corrected chi connectivity index (χ3v) is 5.60. The van der Waals surface area contributed by atoms with Crippen LogP contribution in [0.25, 0.3) is 11.3 Å². The summed E-state index contributed by atoms with van der Waals surface area (Å²) >= 11 is 1.29. The lowest BCUT2D eigenvalue weighted by atomic mass is 10.0. The number of benzene rings is 2. The second kappa shape index (κ2) is 7.90. The van der Waals surface area contributed by atoms with Gasteiger partial charge in [-0.05, 0) is 38.0 Å². The van der Waals surface area contributed by atoms with Crippen LogP contribution in [0.15, 0.2) is 36.4 Å². The number of methoxy groups -OCH3 is 1. The fourth-order valence-electron chi connectivity index (χ4n) is 2.99. The minimum Gasteiger partial charge on any atom is -0.465 e. The zero-order chi connectivity index (χ0) is 20.4. The predicted octanol–water partition coefficient (Wildman–Crippen LogP) is 5.02. The molecule has 0 saturated carbocycles. The van der Waals surface area contributed by atoms with Crippen LogP contribution in [0.2, 0.25) is 0 Å². The van der Waals surface area contributed by atoms with E-state index < -0.39 is 5.97 Å². The Hall–Kier alpha value is -3.06. The van der Waals surface area contributed by atoms with E-state index in [2.05, 4.69) is 4.98 Å². The average molecular weight is 396 g/mol. The normalized spacial score (nSPS) is 10.7. The highest BCUT2D eigenvalue weighted by molar-refractivity contribution is 7.14. The van der Waals surface area contributed by atoms with E-state index in [9.17, 15) is 14.9 Å². The lowest BCUT2D eigenvalue weighted by molar-refractivity contribution is -0.385. The number of nitrogens with zero attached hydrogens (tertiary/aromatic N) is 2. The molecule has 0 radical (unpaired) electrons. The Morgan fingerprint density at radius 1 is 1.14 bits per heavy atom. The van der Waals surface area contributed by atoms with Crippen molar-refractivity contribution >= 4 is 23.0 Å². The van der Waals surface area contributed by atoms with E-state index in [1.54, 1.807) is 13.0 Å². The molecule has 1 aromatic heterocycles. The van der Waals surface area contributed by atoms with Crippen molar-refractivity contribution in [2.24, 2.45) is 0 Å². The molecule has 0 bridgehead atoms. The first kappa shape index (κ1) is 19.7. The second-order valence-electron chi connectivity index (χ2n) is 6.64. The summed E-state index contributed by atoms with van der Waals surface area (Å²) in [5, 5.41) is 11.9. The van der Waals surface area contributed by atoms with Gasteiger partial charge in [0, 0.05) is 23.6 Å². The number of ether oxygens (including phenoxy) is 1. The third kappa shape index (κ3) is 3.94. The van der Waals surface area contributed by atoms with E-state index >= 15 is 0 Å². The molecule has 3 aromatic rings. The Morgan fingerprint density at radius 2 is 1.82 bits per heavy atom. The molecule has 0 N–H and O–H groups in total. The summed E-state index contributed by atoms with van der Waals surface area (Å²) in [6.45, 7) is 5.56. The highest BCUT2D eigenvalue weighted by Crippen LogP contribution is 2.32. The summed E-state index contributed by atoms with van der Waals surface area (Å²) in [5.74, 6) is -0.420. The number of rotatable bonds is 5. The number of nitro benzene ring substituents is 1. The summed E-state index contributed by atoms with van der Waals surface area (Å²) in [7, 11) is 1.35. The second-order valence-corrected chi connectivity index (χ2v) is 7.73. The van der Waals surface area contributed by atoms with Crippen LogP contribution in [0.3, 0.4) is 0 Å².